The van der Waals surface area contributed by atoms with Crippen LogP contribution in [0.2, 0.25) is 0 Å². The average Bonchev–Trinajstić information content (AvgIpc) is 2.14. The van der Waals surface area contributed by atoms with E-state index in [2.05, 4.69) is 0 Å². The van der Waals surface area contributed by atoms with E-state index in [0.29, 0.717) is 16.9 Å². The minimum absolute atomic E-state index is 0.253. The van der Waals surface area contributed by atoms with Crippen molar-refractivity contribution < 1.29 is 14.3 Å². The summed E-state index contributed by atoms with van der Waals surface area (Å²) >= 11 is 5.07. The molecule has 1 rings (SSSR count). The molecule has 0 aromatic rings. The zero-order chi connectivity index (χ0) is 13.1. The molecule has 0 radical (unpaired) electrons. The summed E-state index contributed by atoms with van der Waals surface area (Å²) in [6, 6.07) is 0. The van der Waals surface area contributed by atoms with E-state index in [0.717, 1.165) is 0 Å². The van der Waals surface area contributed by atoms with Crippen molar-refractivity contribution in [1.29, 1.82) is 0 Å². The number of Topliss-reactive ketones (excluding diaryl/α,β-unsaturated/α-hetero) is 1. The summed E-state index contributed by atoms with van der Waals surface area (Å²) in [6.07, 6.45) is 5.64. The van der Waals surface area contributed by atoms with Crippen LogP contribution in [0.5, 0.6) is 0 Å². The standard InChI is InChI=1S/C13H16O3S/c1-13(2,3)16-12(15)8-10(14)9-6-4-5-7-11(9)17/h4-6H,7-8H2,1-3H3. The van der Waals surface area contributed by atoms with Crippen LogP contribution in [0.4, 0.5) is 0 Å². The van der Waals surface area contributed by atoms with Gasteiger partial charge in [0.25, 0.3) is 0 Å². The van der Waals surface area contributed by atoms with Crippen molar-refractivity contribution >= 4 is 28.8 Å². The molecule has 0 amide bonds. The molecule has 0 saturated carbocycles. The molecule has 3 nitrogen and oxygen atoms in total. The third-order valence-electron chi connectivity index (χ3n) is 2.03. The van der Waals surface area contributed by atoms with Gasteiger partial charge in [0.15, 0.2) is 5.78 Å². The number of carbonyl (C=O) groups excluding carboxylic acids is 2. The molecule has 17 heavy (non-hydrogen) atoms. The third kappa shape index (κ3) is 4.61. The molecule has 0 fully saturated rings. The molecule has 0 N–H and O–H groups in total. The van der Waals surface area contributed by atoms with Crippen LogP contribution in [0.15, 0.2) is 23.8 Å². The first-order valence-corrected chi connectivity index (χ1v) is 5.85. The Bertz CT molecular complexity index is 411. The van der Waals surface area contributed by atoms with Gasteiger partial charge in [0.2, 0.25) is 0 Å². The van der Waals surface area contributed by atoms with Crippen LogP contribution in [-0.4, -0.2) is 22.2 Å². The van der Waals surface area contributed by atoms with E-state index in [1.54, 1.807) is 32.9 Å². The highest BCUT2D eigenvalue weighted by Crippen LogP contribution is 2.14. The topological polar surface area (TPSA) is 43.4 Å². The third-order valence-corrected chi connectivity index (χ3v) is 2.41. The van der Waals surface area contributed by atoms with Crippen LogP contribution in [0.3, 0.4) is 0 Å². The zero-order valence-electron chi connectivity index (χ0n) is 10.3. The fourth-order valence-corrected chi connectivity index (χ4v) is 1.67. The molecular formula is C13H16O3S. The molecule has 0 aromatic carbocycles. The fraction of sp³-hybridized carbons (Fsp3) is 0.462. The monoisotopic (exact) mass is 252 g/mol. The first kappa shape index (κ1) is 13.8. The quantitative estimate of drug-likeness (QED) is 0.440. The van der Waals surface area contributed by atoms with Gasteiger partial charge in [-0.25, -0.2) is 0 Å². The number of ketones is 1. The predicted octanol–water partition coefficient (Wildman–Crippen LogP) is 2.54. The van der Waals surface area contributed by atoms with Crippen LogP contribution in [0.25, 0.3) is 0 Å². The minimum Gasteiger partial charge on any atom is -0.460 e. The molecule has 0 heterocycles. The molecule has 92 valence electrons. The Morgan fingerprint density at radius 1 is 1.41 bits per heavy atom. The van der Waals surface area contributed by atoms with Gasteiger partial charge in [-0.05, 0) is 20.8 Å². The molecule has 0 bridgehead atoms. The van der Waals surface area contributed by atoms with Crippen molar-refractivity contribution in [2.75, 3.05) is 0 Å². The maximum atomic E-state index is 11.8. The summed E-state index contributed by atoms with van der Waals surface area (Å²) in [5.74, 6) is -0.783. The van der Waals surface area contributed by atoms with Crippen LogP contribution in [0, 0.1) is 0 Å². The lowest BCUT2D eigenvalue weighted by Gasteiger charge is -2.19. The zero-order valence-corrected chi connectivity index (χ0v) is 11.1. The SMILES string of the molecule is CC(C)(C)OC(=O)CC(=O)C1=CC=CCC1=S. The number of esters is 1. The second kappa shape index (κ2) is 5.36. The molecule has 1 aliphatic carbocycles. The van der Waals surface area contributed by atoms with Gasteiger partial charge in [0.1, 0.15) is 12.0 Å². The van der Waals surface area contributed by atoms with E-state index < -0.39 is 11.6 Å². The summed E-state index contributed by atoms with van der Waals surface area (Å²) in [5.41, 5.74) is -0.119. The van der Waals surface area contributed by atoms with E-state index >= 15 is 0 Å². The van der Waals surface area contributed by atoms with Crippen LogP contribution in [0.1, 0.15) is 33.6 Å². The Hall–Kier alpha value is -1.29. The van der Waals surface area contributed by atoms with E-state index in [-0.39, 0.29) is 12.2 Å². The van der Waals surface area contributed by atoms with Crippen molar-refractivity contribution in [2.24, 2.45) is 0 Å². The minimum atomic E-state index is -0.571. The Morgan fingerprint density at radius 3 is 2.59 bits per heavy atom. The largest absolute Gasteiger partial charge is 0.460 e. The summed E-state index contributed by atoms with van der Waals surface area (Å²) in [6.45, 7) is 5.30. The molecule has 0 aromatic heterocycles. The molecule has 0 saturated heterocycles. The van der Waals surface area contributed by atoms with E-state index in [9.17, 15) is 9.59 Å². The van der Waals surface area contributed by atoms with Gasteiger partial charge in [-0.3, -0.25) is 9.59 Å². The van der Waals surface area contributed by atoms with Gasteiger partial charge in [-0.2, -0.15) is 0 Å². The van der Waals surface area contributed by atoms with E-state index in [1.165, 1.54) is 0 Å². The van der Waals surface area contributed by atoms with Crippen LogP contribution >= 0.6 is 12.2 Å². The molecule has 0 unspecified atom stereocenters. The average molecular weight is 252 g/mol. The van der Waals surface area contributed by atoms with Crippen molar-refractivity contribution in [2.45, 2.75) is 39.2 Å². The molecule has 1 aliphatic rings. The maximum Gasteiger partial charge on any atom is 0.314 e. The number of hydrogen-bond acceptors (Lipinski definition) is 4. The molecule has 0 atom stereocenters. The summed E-state index contributed by atoms with van der Waals surface area (Å²) < 4.78 is 5.09. The maximum absolute atomic E-state index is 11.8. The second-order valence-corrected chi connectivity index (χ2v) is 5.31. The highest BCUT2D eigenvalue weighted by Gasteiger charge is 2.22. The summed E-state index contributed by atoms with van der Waals surface area (Å²) in [5, 5.41) is 0. The van der Waals surface area contributed by atoms with Gasteiger partial charge < -0.3 is 4.74 Å². The smallest absolute Gasteiger partial charge is 0.314 e. The summed E-state index contributed by atoms with van der Waals surface area (Å²) in [7, 11) is 0. The highest BCUT2D eigenvalue weighted by molar-refractivity contribution is 7.81. The van der Waals surface area contributed by atoms with Crippen molar-refractivity contribution in [3.05, 3.63) is 23.8 Å². The molecule has 0 aliphatic heterocycles. The lowest BCUT2D eigenvalue weighted by Crippen LogP contribution is -2.26. The Morgan fingerprint density at radius 2 is 2.06 bits per heavy atom. The fourth-order valence-electron chi connectivity index (χ4n) is 1.39. The van der Waals surface area contributed by atoms with Crippen molar-refractivity contribution in [3.63, 3.8) is 0 Å². The van der Waals surface area contributed by atoms with Crippen molar-refractivity contribution in [3.8, 4) is 0 Å². The molecule has 0 spiro atoms. The number of thiocarbonyl (C=S) groups is 1. The lowest BCUT2D eigenvalue weighted by molar-refractivity contribution is -0.155. The van der Waals surface area contributed by atoms with Crippen LogP contribution < -0.4 is 0 Å². The molecule has 4 heteroatoms. The van der Waals surface area contributed by atoms with Gasteiger partial charge in [-0.15, -0.1) is 0 Å². The summed E-state index contributed by atoms with van der Waals surface area (Å²) in [4.78, 5) is 23.9. The van der Waals surface area contributed by atoms with Gasteiger partial charge >= 0.3 is 5.97 Å². The lowest BCUT2D eigenvalue weighted by atomic mass is 9.99. The number of carbonyl (C=O) groups is 2. The Balaban J connectivity index is 2.61. The van der Waals surface area contributed by atoms with Crippen LogP contribution in [-0.2, 0) is 14.3 Å². The second-order valence-electron chi connectivity index (χ2n) is 4.82. The predicted molar refractivity (Wildman–Crippen MR) is 69.9 cm³/mol. The first-order chi connectivity index (χ1) is 7.79. The van der Waals surface area contributed by atoms with Gasteiger partial charge in [0, 0.05) is 16.9 Å². The van der Waals surface area contributed by atoms with E-state index in [1.807, 2.05) is 6.08 Å². The van der Waals surface area contributed by atoms with Gasteiger partial charge in [0.05, 0.1) is 0 Å². The first-order valence-electron chi connectivity index (χ1n) is 5.44. The van der Waals surface area contributed by atoms with E-state index in [4.69, 9.17) is 17.0 Å². The number of hydrogen-bond donors (Lipinski definition) is 0. The highest BCUT2D eigenvalue weighted by atomic mass is 32.1. The van der Waals surface area contributed by atoms with Gasteiger partial charge in [-0.1, -0.05) is 30.4 Å². The number of rotatable bonds is 3. The Kier molecular flexibility index (Phi) is 4.34. The Labute approximate surface area is 107 Å². The number of allylic oxidation sites excluding steroid dienone is 4. The number of ether oxygens (including phenoxy) is 1. The van der Waals surface area contributed by atoms with Crippen molar-refractivity contribution in [1.82, 2.24) is 0 Å². The molecular weight excluding hydrogens is 236 g/mol. The normalized spacial score (nSPS) is 15.5.